The van der Waals surface area contributed by atoms with Crippen molar-refractivity contribution in [3.05, 3.63) is 58.7 Å². The predicted molar refractivity (Wildman–Crippen MR) is 68.0 cm³/mol. The van der Waals surface area contributed by atoms with Gasteiger partial charge in [-0.25, -0.2) is 0 Å². The number of rotatable bonds is 2. The van der Waals surface area contributed by atoms with Gasteiger partial charge >= 0.3 is 26.2 Å². The van der Waals surface area contributed by atoms with Gasteiger partial charge in [0.2, 0.25) is 0 Å². The molecule has 0 aromatic heterocycles. The van der Waals surface area contributed by atoms with Crippen LogP contribution in [0.4, 0.5) is 0 Å². The SMILES string of the molecule is Cc1c(C(=N)N)ccc(C2C=CC=C2)c1C.[Br-].[Br-].[Zr+2]. The third-order valence-electron chi connectivity index (χ3n) is 3.23. The van der Waals surface area contributed by atoms with Gasteiger partial charge in [-0.05, 0) is 30.5 Å². The standard InChI is InChI=1S/C14H16N2.2BrH.Zr/c1-9-10(2)13(14(15)16)8-7-12(9)11-5-3-4-6-11;;;/h3-8,11H,1-2H3,(H3,15,16);2*1H;/q;;;+2/p-2. The Morgan fingerprint density at radius 2 is 1.58 bits per heavy atom. The average Bonchev–Trinajstić information content (AvgIpc) is 2.74. The summed E-state index contributed by atoms with van der Waals surface area (Å²) >= 11 is 0. The van der Waals surface area contributed by atoms with Crippen LogP contribution in [0.5, 0.6) is 0 Å². The number of allylic oxidation sites excluding steroid dienone is 4. The molecule has 1 aromatic rings. The second-order valence-corrected chi connectivity index (χ2v) is 4.16. The van der Waals surface area contributed by atoms with Crippen molar-refractivity contribution < 1.29 is 60.2 Å². The van der Waals surface area contributed by atoms with Crippen molar-refractivity contribution in [2.75, 3.05) is 0 Å². The second kappa shape index (κ2) is 9.04. The first-order valence-electron chi connectivity index (χ1n) is 5.40. The molecule has 0 saturated heterocycles. The van der Waals surface area contributed by atoms with E-state index in [1.54, 1.807) is 0 Å². The smallest absolute Gasteiger partial charge is 1.00 e. The van der Waals surface area contributed by atoms with Gasteiger partial charge in [0.1, 0.15) is 5.84 Å². The summed E-state index contributed by atoms with van der Waals surface area (Å²) in [7, 11) is 0. The van der Waals surface area contributed by atoms with Gasteiger partial charge in [-0.15, -0.1) is 0 Å². The number of nitrogens with one attached hydrogen (secondary N) is 1. The summed E-state index contributed by atoms with van der Waals surface area (Å²) in [6.07, 6.45) is 8.49. The van der Waals surface area contributed by atoms with E-state index < -0.39 is 0 Å². The minimum atomic E-state index is 0. The van der Waals surface area contributed by atoms with E-state index in [-0.39, 0.29) is 66.0 Å². The van der Waals surface area contributed by atoms with Gasteiger partial charge in [-0.2, -0.15) is 0 Å². The summed E-state index contributed by atoms with van der Waals surface area (Å²) in [4.78, 5) is 0. The third kappa shape index (κ3) is 4.51. The van der Waals surface area contributed by atoms with Crippen LogP contribution < -0.4 is 39.7 Å². The Morgan fingerprint density at radius 3 is 2.05 bits per heavy atom. The Balaban J connectivity index is 0. The van der Waals surface area contributed by atoms with Gasteiger partial charge < -0.3 is 39.7 Å². The monoisotopic (exact) mass is 460 g/mol. The van der Waals surface area contributed by atoms with E-state index in [1.165, 1.54) is 11.1 Å². The fourth-order valence-electron chi connectivity index (χ4n) is 2.13. The van der Waals surface area contributed by atoms with Crippen LogP contribution in [0.25, 0.3) is 0 Å². The molecule has 0 spiro atoms. The largest absolute Gasteiger partial charge is 2.00 e. The van der Waals surface area contributed by atoms with Gasteiger partial charge in [0.05, 0.1) is 0 Å². The number of hydrogen-bond donors (Lipinski definition) is 2. The third-order valence-corrected chi connectivity index (χ3v) is 3.23. The molecule has 0 radical (unpaired) electrons. The minimum absolute atomic E-state index is 0. The van der Waals surface area contributed by atoms with Crippen LogP contribution in [0, 0.1) is 19.3 Å². The quantitative estimate of drug-likeness (QED) is 0.353. The molecule has 100 valence electrons. The van der Waals surface area contributed by atoms with Gasteiger partial charge in [0, 0.05) is 11.5 Å². The number of nitrogen functional groups attached to an aromatic ring is 1. The number of hydrogen-bond acceptors (Lipinski definition) is 1. The van der Waals surface area contributed by atoms with Crippen LogP contribution in [0.3, 0.4) is 0 Å². The summed E-state index contributed by atoms with van der Waals surface area (Å²) in [5, 5.41) is 7.50. The summed E-state index contributed by atoms with van der Waals surface area (Å²) < 4.78 is 0. The van der Waals surface area contributed by atoms with Crippen molar-refractivity contribution in [2.45, 2.75) is 19.8 Å². The van der Waals surface area contributed by atoms with Gasteiger partial charge in [-0.3, -0.25) is 5.41 Å². The molecule has 19 heavy (non-hydrogen) atoms. The van der Waals surface area contributed by atoms with Crippen LogP contribution >= 0.6 is 0 Å². The molecule has 2 nitrogen and oxygen atoms in total. The molecule has 1 aliphatic rings. The van der Waals surface area contributed by atoms with Gasteiger partial charge in [0.15, 0.2) is 0 Å². The molecule has 1 aromatic carbocycles. The Morgan fingerprint density at radius 1 is 1.05 bits per heavy atom. The molecular formula is C14H16Br2N2Zr. The van der Waals surface area contributed by atoms with E-state index in [1.807, 2.05) is 13.0 Å². The predicted octanol–water partition coefficient (Wildman–Crippen LogP) is -3.20. The summed E-state index contributed by atoms with van der Waals surface area (Å²) in [6.45, 7) is 4.12. The maximum absolute atomic E-state index is 7.50. The first-order valence-corrected chi connectivity index (χ1v) is 5.40. The molecule has 0 saturated carbocycles. The molecule has 0 unspecified atom stereocenters. The Labute approximate surface area is 154 Å². The fraction of sp³-hybridized carbons (Fsp3) is 0.214. The molecule has 0 amide bonds. The number of halogens is 2. The van der Waals surface area contributed by atoms with E-state index in [0.29, 0.717) is 5.92 Å². The maximum Gasteiger partial charge on any atom is 2.00 e. The zero-order valence-electron chi connectivity index (χ0n) is 10.9. The van der Waals surface area contributed by atoms with E-state index in [0.717, 1.165) is 11.1 Å². The molecule has 0 heterocycles. The number of nitrogens with two attached hydrogens (primary N) is 1. The van der Waals surface area contributed by atoms with E-state index in [2.05, 4.69) is 37.3 Å². The molecule has 0 aliphatic heterocycles. The van der Waals surface area contributed by atoms with Crippen LogP contribution in [-0.2, 0) is 26.2 Å². The molecular weight excluding hydrogens is 447 g/mol. The maximum atomic E-state index is 7.50. The summed E-state index contributed by atoms with van der Waals surface area (Å²) in [6, 6.07) is 4.02. The van der Waals surface area contributed by atoms with Crippen molar-refractivity contribution in [1.29, 1.82) is 5.41 Å². The van der Waals surface area contributed by atoms with Gasteiger partial charge in [0.25, 0.3) is 0 Å². The molecule has 2 rings (SSSR count). The molecule has 5 heteroatoms. The number of benzene rings is 1. The summed E-state index contributed by atoms with van der Waals surface area (Å²) in [5.41, 5.74) is 10.0. The van der Waals surface area contributed by atoms with Crippen molar-refractivity contribution in [1.82, 2.24) is 0 Å². The molecule has 1 aliphatic carbocycles. The first-order chi connectivity index (χ1) is 7.61. The van der Waals surface area contributed by atoms with Crippen LogP contribution in [-0.4, -0.2) is 5.84 Å². The Hall–Kier alpha value is 0.0131. The zero-order valence-corrected chi connectivity index (χ0v) is 16.5. The fourth-order valence-corrected chi connectivity index (χ4v) is 2.13. The zero-order chi connectivity index (χ0) is 11.7. The molecule has 0 atom stereocenters. The van der Waals surface area contributed by atoms with E-state index in [9.17, 15) is 0 Å². The van der Waals surface area contributed by atoms with Crippen LogP contribution in [0.15, 0.2) is 36.4 Å². The minimum Gasteiger partial charge on any atom is -1.00 e. The average molecular weight is 463 g/mol. The van der Waals surface area contributed by atoms with Crippen LogP contribution in [0.2, 0.25) is 0 Å². The van der Waals surface area contributed by atoms with Crippen molar-refractivity contribution in [2.24, 2.45) is 5.73 Å². The molecule has 3 N–H and O–H groups in total. The van der Waals surface area contributed by atoms with Gasteiger partial charge in [-0.1, -0.05) is 36.4 Å². The topological polar surface area (TPSA) is 49.9 Å². The van der Waals surface area contributed by atoms with Crippen LogP contribution in [0.1, 0.15) is 28.2 Å². The second-order valence-electron chi connectivity index (χ2n) is 4.16. The Kier molecular flexibility index (Phi) is 10.1. The van der Waals surface area contributed by atoms with Crippen molar-refractivity contribution in [3.63, 3.8) is 0 Å². The first kappa shape index (κ1) is 21.3. The van der Waals surface area contributed by atoms with Crippen molar-refractivity contribution in [3.8, 4) is 0 Å². The van der Waals surface area contributed by atoms with E-state index >= 15 is 0 Å². The van der Waals surface area contributed by atoms with E-state index in [4.69, 9.17) is 11.1 Å². The molecule has 0 bridgehead atoms. The normalized spacial score (nSPS) is 12.3. The molecule has 0 fully saturated rings. The Bertz CT molecular complexity index is 498. The number of amidine groups is 1. The summed E-state index contributed by atoms with van der Waals surface area (Å²) in [5.74, 6) is 0.518. The van der Waals surface area contributed by atoms with Crippen molar-refractivity contribution >= 4 is 5.84 Å².